The Hall–Kier alpha value is -2.45. The molecule has 9 nitrogen and oxygen atoms in total. The molecule has 1 amide bonds. The SMILES string of the molecule is CCNC(=O)CCNc1ncnc(N)c1[N+](=O)[O-]. The maximum atomic E-state index is 11.2. The Morgan fingerprint density at radius 3 is 2.89 bits per heavy atom. The van der Waals surface area contributed by atoms with E-state index >= 15 is 0 Å². The summed E-state index contributed by atoms with van der Waals surface area (Å²) in [5.74, 6) is -0.345. The molecule has 0 aliphatic rings. The van der Waals surface area contributed by atoms with E-state index in [1.165, 1.54) is 0 Å². The molecule has 0 atom stereocenters. The maximum absolute atomic E-state index is 11.2. The Labute approximate surface area is 103 Å². The number of aromatic nitrogens is 2. The zero-order valence-corrected chi connectivity index (χ0v) is 9.84. The van der Waals surface area contributed by atoms with Crippen LogP contribution in [-0.4, -0.2) is 33.9 Å². The quantitative estimate of drug-likeness (QED) is 0.476. The van der Waals surface area contributed by atoms with E-state index in [-0.39, 0.29) is 36.2 Å². The lowest BCUT2D eigenvalue weighted by Gasteiger charge is -2.06. The Bertz CT molecular complexity index is 450. The molecule has 0 saturated heterocycles. The Balaban J connectivity index is 2.65. The van der Waals surface area contributed by atoms with Gasteiger partial charge in [0.1, 0.15) is 6.33 Å². The summed E-state index contributed by atoms with van der Waals surface area (Å²) in [6.45, 7) is 2.57. The smallest absolute Gasteiger partial charge is 0.352 e. The molecule has 0 radical (unpaired) electrons. The Morgan fingerprint density at radius 1 is 1.56 bits per heavy atom. The van der Waals surface area contributed by atoms with E-state index in [0.29, 0.717) is 6.54 Å². The highest BCUT2D eigenvalue weighted by atomic mass is 16.6. The molecule has 0 aliphatic carbocycles. The van der Waals surface area contributed by atoms with Gasteiger partial charge in [-0.2, -0.15) is 0 Å². The van der Waals surface area contributed by atoms with Crippen molar-refractivity contribution in [2.45, 2.75) is 13.3 Å². The lowest BCUT2D eigenvalue weighted by molar-refractivity contribution is -0.383. The van der Waals surface area contributed by atoms with E-state index in [1.54, 1.807) is 6.92 Å². The first-order chi connectivity index (χ1) is 8.56. The largest absolute Gasteiger partial charge is 0.378 e. The first kappa shape index (κ1) is 13.6. The molecule has 4 N–H and O–H groups in total. The number of nitrogens with one attached hydrogen (secondary N) is 2. The predicted molar refractivity (Wildman–Crippen MR) is 64.9 cm³/mol. The minimum atomic E-state index is -0.663. The van der Waals surface area contributed by atoms with E-state index in [1.807, 2.05) is 0 Å². The van der Waals surface area contributed by atoms with Crippen molar-refractivity contribution in [2.75, 3.05) is 24.1 Å². The molecule has 0 fully saturated rings. The summed E-state index contributed by atoms with van der Waals surface area (Å²) >= 11 is 0. The van der Waals surface area contributed by atoms with Crippen LogP contribution in [0.1, 0.15) is 13.3 Å². The number of nitrogens with zero attached hydrogens (tertiary/aromatic N) is 3. The number of nitrogens with two attached hydrogens (primary N) is 1. The van der Waals surface area contributed by atoms with Crippen molar-refractivity contribution in [2.24, 2.45) is 0 Å². The summed E-state index contributed by atoms with van der Waals surface area (Å²) in [5, 5.41) is 16.1. The first-order valence-electron chi connectivity index (χ1n) is 5.31. The highest BCUT2D eigenvalue weighted by Crippen LogP contribution is 2.25. The van der Waals surface area contributed by atoms with Gasteiger partial charge in [0.15, 0.2) is 0 Å². The lowest BCUT2D eigenvalue weighted by Crippen LogP contribution is -2.25. The van der Waals surface area contributed by atoms with Gasteiger partial charge < -0.3 is 16.4 Å². The number of rotatable bonds is 6. The van der Waals surface area contributed by atoms with Crippen LogP contribution in [0.3, 0.4) is 0 Å². The van der Waals surface area contributed by atoms with E-state index in [0.717, 1.165) is 6.33 Å². The van der Waals surface area contributed by atoms with E-state index in [4.69, 9.17) is 5.73 Å². The van der Waals surface area contributed by atoms with Crippen molar-refractivity contribution in [3.8, 4) is 0 Å². The second-order valence-corrected chi connectivity index (χ2v) is 3.34. The van der Waals surface area contributed by atoms with Gasteiger partial charge in [-0.3, -0.25) is 14.9 Å². The third kappa shape index (κ3) is 3.54. The summed E-state index contributed by atoms with van der Waals surface area (Å²) in [5.41, 5.74) is 5.01. The maximum Gasteiger partial charge on any atom is 0.352 e. The van der Waals surface area contributed by atoms with Crippen LogP contribution in [0.25, 0.3) is 0 Å². The highest BCUT2D eigenvalue weighted by molar-refractivity contribution is 5.76. The van der Waals surface area contributed by atoms with Crippen LogP contribution < -0.4 is 16.4 Å². The molecule has 1 aromatic rings. The van der Waals surface area contributed by atoms with Crippen LogP contribution in [0.2, 0.25) is 0 Å². The van der Waals surface area contributed by atoms with Gasteiger partial charge in [-0.05, 0) is 6.92 Å². The second-order valence-electron chi connectivity index (χ2n) is 3.34. The van der Waals surface area contributed by atoms with Gasteiger partial charge in [-0.25, -0.2) is 9.97 Å². The van der Waals surface area contributed by atoms with Crippen molar-refractivity contribution in [1.29, 1.82) is 0 Å². The van der Waals surface area contributed by atoms with Crippen molar-refractivity contribution >= 4 is 23.2 Å². The molecule has 9 heteroatoms. The minimum absolute atomic E-state index is 0.0109. The van der Waals surface area contributed by atoms with Crippen LogP contribution in [0.4, 0.5) is 17.3 Å². The standard InChI is InChI=1S/C9H14N6O3/c1-2-11-6(16)3-4-12-9-7(15(17)18)8(10)13-5-14-9/h5H,2-4H2,1H3,(H,11,16)(H3,10,12,13,14). The molecule has 0 bridgehead atoms. The van der Waals surface area contributed by atoms with Gasteiger partial charge in [0.05, 0.1) is 4.92 Å². The Kier molecular flexibility index (Phi) is 4.78. The first-order valence-corrected chi connectivity index (χ1v) is 5.31. The number of nitro groups is 1. The average molecular weight is 254 g/mol. The summed E-state index contributed by atoms with van der Waals surface area (Å²) in [6, 6.07) is 0. The zero-order valence-electron chi connectivity index (χ0n) is 9.84. The Morgan fingerprint density at radius 2 is 2.28 bits per heavy atom. The van der Waals surface area contributed by atoms with E-state index in [2.05, 4.69) is 20.6 Å². The van der Waals surface area contributed by atoms with Gasteiger partial charge in [0, 0.05) is 19.5 Å². The normalized spacial score (nSPS) is 9.83. The van der Waals surface area contributed by atoms with Crippen LogP contribution in [0.15, 0.2) is 6.33 Å². The van der Waals surface area contributed by atoms with Gasteiger partial charge >= 0.3 is 5.69 Å². The molecule has 1 aromatic heterocycles. The predicted octanol–water partition coefficient (Wildman–Crippen LogP) is -0.0949. The number of carbonyl (C=O) groups is 1. The zero-order chi connectivity index (χ0) is 13.5. The summed E-state index contributed by atoms with van der Waals surface area (Å²) in [4.78, 5) is 28.5. The molecule has 0 unspecified atom stereocenters. The molecule has 98 valence electrons. The minimum Gasteiger partial charge on any atom is -0.378 e. The van der Waals surface area contributed by atoms with Crippen molar-refractivity contribution in [3.63, 3.8) is 0 Å². The monoisotopic (exact) mass is 254 g/mol. The molecule has 18 heavy (non-hydrogen) atoms. The fraction of sp³-hybridized carbons (Fsp3) is 0.444. The van der Waals surface area contributed by atoms with Crippen molar-refractivity contribution in [3.05, 3.63) is 16.4 Å². The van der Waals surface area contributed by atoms with E-state index in [9.17, 15) is 14.9 Å². The van der Waals surface area contributed by atoms with Gasteiger partial charge in [-0.1, -0.05) is 0 Å². The molecular weight excluding hydrogens is 240 g/mol. The number of hydrogen-bond acceptors (Lipinski definition) is 7. The molecule has 0 aromatic carbocycles. The van der Waals surface area contributed by atoms with Crippen LogP contribution in [0.5, 0.6) is 0 Å². The molecule has 0 saturated carbocycles. The number of carbonyl (C=O) groups excluding carboxylic acids is 1. The fourth-order valence-electron chi connectivity index (χ4n) is 1.28. The molecule has 1 rings (SSSR count). The number of anilines is 2. The molecular formula is C9H14N6O3. The number of nitrogen functional groups attached to an aromatic ring is 1. The fourth-order valence-corrected chi connectivity index (χ4v) is 1.28. The van der Waals surface area contributed by atoms with Crippen LogP contribution in [0, 0.1) is 10.1 Å². The number of hydrogen-bond donors (Lipinski definition) is 3. The summed E-state index contributed by atoms with van der Waals surface area (Å²) < 4.78 is 0. The van der Waals surface area contributed by atoms with Crippen LogP contribution in [-0.2, 0) is 4.79 Å². The lowest BCUT2D eigenvalue weighted by atomic mass is 10.3. The molecule has 0 spiro atoms. The second kappa shape index (κ2) is 6.33. The van der Waals surface area contributed by atoms with Gasteiger partial charge in [0.2, 0.25) is 17.5 Å². The highest BCUT2D eigenvalue weighted by Gasteiger charge is 2.20. The van der Waals surface area contributed by atoms with Gasteiger partial charge in [-0.15, -0.1) is 0 Å². The summed E-state index contributed by atoms with van der Waals surface area (Å²) in [7, 11) is 0. The topological polar surface area (TPSA) is 136 Å². The average Bonchev–Trinajstić information content (AvgIpc) is 2.28. The van der Waals surface area contributed by atoms with Crippen molar-refractivity contribution < 1.29 is 9.72 Å². The van der Waals surface area contributed by atoms with Crippen molar-refractivity contribution in [1.82, 2.24) is 15.3 Å². The third-order valence-electron chi connectivity index (χ3n) is 2.05. The third-order valence-corrected chi connectivity index (χ3v) is 2.05. The van der Waals surface area contributed by atoms with Crippen LogP contribution >= 0.6 is 0 Å². The van der Waals surface area contributed by atoms with Gasteiger partial charge in [0.25, 0.3) is 0 Å². The molecule has 1 heterocycles. The van der Waals surface area contributed by atoms with E-state index < -0.39 is 4.92 Å². The summed E-state index contributed by atoms with van der Waals surface area (Å²) in [6.07, 6.45) is 1.31. The molecule has 0 aliphatic heterocycles. The number of amides is 1.